The third kappa shape index (κ3) is 5.50. The van der Waals surface area contributed by atoms with Crippen LogP contribution in [0.3, 0.4) is 0 Å². The van der Waals surface area contributed by atoms with Gasteiger partial charge in [0.15, 0.2) is 5.84 Å². The Morgan fingerprint density at radius 1 is 0.921 bits per heavy atom. The molecule has 38 heavy (non-hydrogen) atoms. The molecular formula is C27H29N3O6S2. The summed E-state index contributed by atoms with van der Waals surface area (Å²) in [6.07, 6.45) is 0. The van der Waals surface area contributed by atoms with Gasteiger partial charge in [-0.15, -0.1) is 4.40 Å². The molecule has 0 radical (unpaired) electrons. The Morgan fingerprint density at radius 2 is 1.55 bits per heavy atom. The number of anilines is 1. The number of esters is 1. The van der Waals surface area contributed by atoms with Gasteiger partial charge in [0.1, 0.15) is 11.5 Å². The Labute approximate surface area is 223 Å². The molecule has 0 saturated heterocycles. The van der Waals surface area contributed by atoms with Crippen LogP contribution in [-0.2, 0) is 24.8 Å². The lowest BCUT2D eigenvalue weighted by molar-refractivity contribution is 0.0517. The van der Waals surface area contributed by atoms with Gasteiger partial charge in [0.25, 0.3) is 10.0 Å². The van der Waals surface area contributed by atoms with Gasteiger partial charge in [0.05, 0.1) is 17.0 Å². The summed E-state index contributed by atoms with van der Waals surface area (Å²) in [5, 5.41) is 0. The van der Waals surface area contributed by atoms with Gasteiger partial charge in [-0.3, -0.25) is 0 Å². The fourth-order valence-electron chi connectivity index (χ4n) is 4.15. The molecule has 11 heteroatoms. The van der Waals surface area contributed by atoms with Crippen molar-refractivity contribution in [2.24, 2.45) is 4.40 Å². The highest BCUT2D eigenvalue weighted by Crippen LogP contribution is 2.30. The molecule has 0 fully saturated rings. The van der Waals surface area contributed by atoms with E-state index in [0.29, 0.717) is 24.3 Å². The van der Waals surface area contributed by atoms with E-state index in [4.69, 9.17) is 4.74 Å². The lowest BCUT2D eigenvalue weighted by Gasteiger charge is -2.24. The number of hydrogen-bond donors (Lipinski definition) is 0. The standard InChI is InChI=1S/C27H29N3O6S2/c1-4-29(5-2)38(34,35)23-16-12-21(13-17-23)27(31)36-19-18-30(22-14-10-20(3)11-15-22)26-24-8-6-7-9-25(24)37(32,33)28-26/h6-17H,4-5,18-19H2,1-3H3. The van der Waals surface area contributed by atoms with Gasteiger partial charge in [0, 0.05) is 24.3 Å². The number of benzene rings is 3. The minimum atomic E-state index is -3.84. The summed E-state index contributed by atoms with van der Waals surface area (Å²) in [6.45, 7) is 6.24. The molecule has 3 aromatic rings. The summed E-state index contributed by atoms with van der Waals surface area (Å²) >= 11 is 0. The Hall–Kier alpha value is -3.54. The molecule has 4 rings (SSSR count). The molecule has 0 saturated carbocycles. The SMILES string of the molecule is CCN(CC)S(=O)(=O)c1ccc(C(=O)OCCN(C2=NS(=O)(=O)c3ccccc32)c2ccc(C)cc2)cc1. The van der Waals surface area contributed by atoms with Crippen LogP contribution in [0.2, 0.25) is 0 Å². The Balaban J connectivity index is 1.52. The first-order chi connectivity index (χ1) is 18.1. The molecule has 0 amide bonds. The number of rotatable bonds is 9. The van der Waals surface area contributed by atoms with E-state index in [1.54, 1.807) is 36.9 Å². The van der Waals surface area contributed by atoms with Crippen LogP contribution >= 0.6 is 0 Å². The number of sulfonamides is 2. The zero-order chi connectivity index (χ0) is 27.5. The van der Waals surface area contributed by atoms with E-state index in [0.717, 1.165) is 5.56 Å². The molecule has 0 spiro atoms. The van der Waals surface area contributed by atoms with E-state index < -0.39 is 26.0 Å². The van der Waals surface area contributed by atoms with Crippen LogP contribution in [0, 0.1) is 6.92 Å². The van der Waals surface area contributed by atoms with Gasteiger partial charge in [-0.25, -0.2) is 13.2 Å². The molecule has 9 nitrogen and oxygen atoms in total. The molecule has 0 aromatic heterocycles. The summed E-state index contributed by atoms with van der Waals surface area (Å²) in [5.41, 5.74) is 2.41. The molecular weight excluding hydrogens is 526 g/mol. The predicted octanol–water partition coefficient (Wildman–Crippen LogP) is 3.84. The molecule has 0 atom stereocenters. The molecule has 0 bridgehead atoms. The number of carbonyl (C=O) groups is 1. The zero-order valence-electron chi connectivity index (χ0n) is 21.4. The molecule has 1 aliphatic rings. The molecule has 0 N–H and O–H groups in total. The number of ether oxygens (including phenoxy) is 1. The van der Waals surface area contributed by atoms with Gasteiger partial charge >= 0.3 is 5.97 Å². The van der Waals surface area contributed by atoms with E-state index in [9.17, 15) is 21.6 Å². The maximum atomic E-state index is 12.7. The number of amidine groups is 1. The van der Waals surface area contributed by atoms with Crippen LogP contribution in [0.25, 0.3) is 0 Å². The first-order valence-electron chi connectivity index (χ1n) is 12.1. The summed E-state index contributed by atoms with van der Waals surface area (Å²) in [6, 6.07) is 19.7. The summed E-state index contributed by atoms with van der Waals surface area (Å²) in [5.74, 6) is -0.367. The predicted molar refractivity (Wildman–Crippen MR) is 146 cm³/mol. The molecule has 0 unspecified atom stereocenters. The van der Waals surface area contributed by atoms with Gasteiger partial charge in [-0.05, 0) is 55.5 Å². The molecule has 200 valence electrons. The Kier molecular flexibility index (Phi) is 8.00. The van der Waals surface area contributed by atoms with Crippen molar-refractivity contribution in [2.75, 3.05) is 31.1 Å². The lowest BCUT2D eigenvalue weighted by atomic mass is 10.1. The average Bonchev–Trinajstić information content (AvgIpc) is 3.18. The molecule has 0 aliphatic carbocycles. The second kappa shape index (κ2) is 11.1. The maximum Gasteiger partial charge on any atom is 0.338 e. The van der Waals surface area contributed by atoms with Gasteiger partial charge in [0.2, 0.25) is 10.0 Å². The highest BCUT2D eigenvalue weighted by atomic mass is 32.2. The van der Waals surface area contributed by atoms with E-state index in [2.05, 4.69) is 4.40 Å². The van der Waals surface area contributed by atoms with Crippen molar-refractivity contribution in [1.29, 1.82) is 0 Å². The van der Waals surface area contributed by atoms with Crippen LogP contribution in [0.1, 0.15) is 35.3 Å². The Morgan fingerprint density at radius 3 is 2.18 bits per heavy atom. The van der Waals surface area contributed by atoms with Crippen molar-refractivity contribution in [3.63, 3.8) is 0 Å². The molecule has 1 aliphatic heterocycles. The monoisotopic (exact) mass is 555 g/mol. The van der Waals surface area contributed by atoms with Gasteiger partial charge < -0.3 is 9.64 Å². The van der Waals surface area contributed by atoms with E-state index in [-0.39, 0.29) is 34.3 Å². The fourth-order valence-corrected chi connectivity index (χ4v) is 6.82. The van der Waals surface area contributed by atoms with E-state index in [1.807, 2.05) is 31.2 Å². The summed E-state index contributed by atoms with van der Waals surface area (Å²) < 4.78 is 61.5. The minimum absolute atomic E-state index is 0.0621. The fraction of sp³-hybridized carbons (Fsp3) is 0.259. The molecule has 1 heterocycles. The number of carbonyl (C=O) groups excluding carboxylic acids is 1. The topological polar surface area (TPSA) is 113 Å². The van der Waals surface area contributed by atoms with Crippen LogP contribution < -0.4 is 4.90 Å². The van der Waals surface area contributed by atoms with Crippen molar-refractivity contribution >= 4 is 37.5 Å². The van der Waals surface area contributed by atoms with Gasteiger partial charge in [-0.2, -0.15) is 12.7 Å². The second-order valence-corrected chi connectivity index (χ2v) is 12.1. The summed E-state index contributed by atoms with van der Waals surface area (Å²) in [4.78, 5) is 14.6. The molecule has 3 aromatic carbocycles. The zero-order valence-corrected chi connectivity index (χ0v) is 23.0. The van der Waals surface area contributed by atoms with Crippen molar-refractivity contribution in [1.82, 2.24) is 4.31 Å². The second-order valence-electron chi connectivity index (χ2n) is 8.62. The van der Waals surface area contributed by atoms with Crippen molar-refractivity contribution in [2.45, 2.75) is 30.6 Å². The van der Waals surface area contributed by atoms with E-state index >= 15 is 0 Å². The van der Waals surface area contributed by atoms with Crippen LogP contribution in [0.4, 0.5) is 5.69 Å². The third-order valence-electron chi connectivity index (χ3n) is 6.20. The first-order valence-corrected chi connectivity index (χ1v) is 15.0. The number of aryl methyl sites for hydroxylation is 1. The quantitative estimate of drug-likeness (QED) is 0.369. The summed E-state index contributed by atoms with van der Waals surface area (Å²) in [7, 11) is -7.48. The lowest BCUT2D eigenvalue weighted by Crippen LogP contribution is -2.34. The van der Waals surface area contributed by atoms with Crippen molar-refractivity contribution in [3.05, 3.63) is 89.5 Å². The highest BCUT2D eigenvalue weighted by molar-refractivity contribution is 7.90. The largest absolute Gasteiger partial charge is 0.460 e. The maximum absolute atomic E-state index is 12.7. The average molecular weight is 556 g/mol. The van der Waals surface area contributed by atoms with Crippen molar-refractivity contribution < 1.29 is 26.4 Å². The van der Waals surface area contributed by atoms with Crippen LogP contribution in [0.5, 0.6) is 0 Å². The number of hydrogen-bond acceptors (Lipinski definition) is 7. The normalized spacial score (nSPS) is 14.2. The van der Waals surface area contributed by atoms with Crippen LogP contribution in [0.15, 0.2) is 87.0 Å². The highest BCUT2D eigenvalue weighted by Gasteiger charge is 2.32. The smallest absolute Gasteiger partial charge is 0.338 e. The first kappa shape index (κ1) is 27.5. The number of nitrogens with zero attached hydrogens (tertiary/aromatic N) is 3. The van der Waals surface area contributed by atoms with Crippen molar-refractivity contribution in [3.8, 4) is 0 Å². The van der Waals surface area contributed by atoms with E-state index in [1.165, 1.54) is 34.6 Å². The Bertz CT molecular complexity index is 1560. The van der Waals surface area contributed by atoms with Crippen LogP contribution in [-0.4, -0.2) is 59.2 Å². The third-order valence-corrected chi connectivity index (χ3v) is 9.58. The number of fused-ring (bicyclic) bond motifs is 1. The minimum Gasteiger partial charge on any atom is -0.460 e. The van der Waals surface area contributed by atoms with Gasteiger partial charge in [-0.1, -0.05) is 43.7 Å².